The van der Waals surface area contributed by atoms with Gasteiger partial charge in [-0.05, 0) is 25.5 Å². The van der Waals surface area contributed by atoms with Crippen molar-refractivity contribution in [2.75, 3.05) is 0 Å². The summed E-state index contributed by atoms with van der Waals surface area (Å²) in [4.78, 5) is 10.9. The van der Waals surface area contributed by atoms with Gasteiger partial charge in [0.25, 0.3) is 0 Å². The van der Waals surface area contributed by atoms with Crippen LogP contribution in [0.15, 0.2) is 24.8 Å². The molecule has 0 spiro atoms. The van der Waals surface area contributed by atoms with E-state index in [2.05, 4.69) is 6.58 Å². The zero-order valence-electron chi connectivity index (χ0n) is 8.50. The molecule has 0 aliphatic carbocycles. The number of rotatable bonds is 3. The Hall–Kier alpha value is -1.57. The van der Waals surface area contributed by atoms with Crippen LogP contribution in [0.2, 0.25) is 0 Å². The summed E-state index contributed by atoms with van der Waals surface area (Å²) in [5, 5.41) is 9.60. The number of carbonyl (C=O) groups is 1. The van der Waals surface area contributed by atoms with Gasteiger partial charge < -0.3 is 5.11 Å². The summed E-state index contributed by atoms with van der Waals surface area (Å²) < 4.78 is 0. The third-order valence-corrected chi connectivity index (χ3v) is 2.02. The second-order valence-corrected chi connectivity index (χ2v) is 3.50. The molecule has 0 fully saturated rings. The highest BCUT2D eigenvalue weighted by molar-refractivity contribution is 5.79. The summed E-state index contributed by atoms with van der Waals surface area (Å²) in [7, 11) is 0. The van der Waals surface area contributed by atoms with Gasteiger partial charge in [-0.2, -0.15) is 0 Å². The van der Waals surface area contributed by atoms with Crippen molar-refractivity contribution in [3.63, 3.8) is 0 Å². The molecule has 0 heterocycles. The second kappa shape index (κ2) is 4.09. The number of phenolic OH excluding ortho intramolecular Hbond substituents is 1. The number of benzene rings is 1. The molecule has 1 N–H and O–H groups in total. The maximum atomic E-state index is 10.9. The number of allylic oxidation sites excluding steroid dienone is 1. The van der Waals surface area contributed by atoms with E-state index in [4.69, 9.17) is 0 Å². The maximum Gasteiger partial charge on any atom is 0.134 e. The first-order valence-electron chi connectivity index (χ1n) is 4.48. The molecule has 0 aliphatic heterocycles. The van der Waals surface area contributed by atoms with Gasteiger partial charge in [-0.25, -0.2) is 0 Å². The van der Waals surface area contributed by atoms with Crippen LogP contribution >= 0.6 is 0 Å². The lowest BCUT2D eigenvalue weighted by atomic mass is 10.0. The van der Waals surface area contributed by atoms with Gasteiger partial charge in [0, 0.05) is 12.0 Å². The topological polar surface area (TPSA) is 37.3 Å². The summed E-state index contributed by atoms with van der Waals surface area (Å²) in [5.41, 5.74) is 2.46. The standard InChI is InChI=1S/C12H14O2/c1-8(2)10-4-5-11(6-9(3)13)12(14)7-10/h4-5,7,14H,1,6H2,2-3H3. The molecule has 0 saturated carbocycles. The van der Waals surface area contributed by atoms with Gasteiger partial charge >= 0.3 is 0 Å². The zero-order valence-corrected chi connectivity index (χ0v) is 8.50. The van der Waals surface area contributed by atoms with Crippen LogP contribution in [-0.4, -0.2) is 10.9 Å². The molecule has 14 heavy (non-hydrogen) atoms. The number of ketones is 1. The molecule has 0 aliphatic rings. The molecule has 0 saturated heterocycles. The Kier molecular flexibility index (Phi) is 3.07. The van der Waals surface area contributed by atoms with Crippen LogP contribution in [0.5, 0.6) is 5.75 Å². The molecule has 2 nitrogen and oxygen atoms in total. The smallest absolute Gasteiger partial charge is 0.134 e. The molecule has 1 rings (SSSR count). The first-order valence-corrected chi connectivity index (χ1v) is 4.48. The Morgan fingerprint density at radius 3 is 2.50 bits per heavy atom. The van der Waals surface area contributed by atoms with Crippen molar-refractivity contribution in [1.82, 2.24) is 0 Å². The fourth-order valence-electron chi connectivity index (χ4n) is 1.25. The lowest BCUT2D eigenvalue weighted by Crippen LogP contribution is -1.96. The lowest BCUT2D eigenvalue weighted by molar-refractivity contribution is -0.116. The van der Waals surface area contributed by atoms with E-state index in [0.29, 0.717) is 5.56 Å². The van der Waals surface area contributed by atoms with Crippen molar-refractivity contribution in [3.8, 4) is 5.75 Å². The van der Waals surface area contributed by atoms with Crippen LogP contribution in [0.3, 0.4) is 0 Å². The van der Waals surface area contributed by atoms with Crippen molar-refractivity contribution >= 4 is 11.4 Å². The van der Waals surface area contributed by atoms with Crippen molar-refractivity contribution in [1.29, 1.82) is 0 Å². The molecule has 2 heteroatoms. The molecule has 0 aromatic heterocycles. The normalized spacial score (nSPS) is 9.86. The lowest BCUT2D eigenvalue weighted by Gasteiger charge is -2.05. The van der Waals surface area contributed by atoms with E-state index in [1.807, 2.05) is 13.0 Å². The van der Waals surface area contributed by atoms with E-state index >= 15 is 0 Å². The van der Waals surface area contributed by atoms with Gasteiger partial charge in [-0.1, -0.05) is 24.3 Å². The predicted octanol–water partition coefficient (Wildman–Crippen LogP) is 2.56. The Labute approximate surface area is 83.9 Å². The van der Waals surface area contributed by atoms with Crippen LogP contribution in [0.4, 0.5) is 0 Å². The number of aromatic hydroxyl groups is 1. The van der Waals surface area contributed by atoms with E-state index in [-0.39, 0.29) is 18.0 Å². The summed E-state index contributed by atoms with van der Waals surface area (Å²) in [6.07, 6.45) is 0.280. The van der Waals surface area contributed by atoms with Gasteiger partial charge in [0.1, 0.15) is 11.5 Å². The maximum absolute atomic E-state index is 10.9. The number of hydrogen-bond donors (Lipinski definition) is 1. The van der Waals surface area contributed by atoms with Crippen LogP contribution in [0, 0.1) is 0 Å². The van der Waals surface area contributed by atoms with E-state index in [9.17, 15) is 9.90 Å². The third-order valence-electron chi connectivity index (χ3n) is 2.02. The van der Waals surface area contributed by atoms with Crippen molar-refractivity contribution in [2.24, 2.45) is 0 Å². The van der Waals surface area contributed by atoms with E-state index < -0.39 is 0 Å². The molecular formula is C12H14O2. The van der Waals surface area contributed by atoms with Crippen molar-refractivity contribution in [3.05, 3.63) is 35.9 Å². The summed E-state index contributed by atoms with van der Waals surface area (Å²) in [6, 6.07) is 5.27. The Bertz CT molecular complexity index is 378. The van der Waals surface area contributed by atoms with Crippen molar-refractivity contribution < 1.29 is 9.90 Å². The summed E-state index contributed by atoms with van der Waals surface area (Å²) in [6.45, 7) is 7.16. The van der Waals surface area contributed by atoms with E-state index in [1.165, 1.54) is 6.92 Å². The molecular weight excluding hydrogens is 176 g/mol. The fraction of sp³-hybridized carbons (Fsp3) is 0.250. The average molecular weight is 190 g/mol. The molecule has 0 atom stereocenters. The largest absolute Gasteiger partial charge is 0.508 e. The van der Waals surface area contributed by atoms with Crippen LogP contribution in [0.1, 0.15) is 25.0 Å². The number of phenols is 1. The van der Waals surface area contributed by atoms with Crippen LogP contribution in [0.25, 0.3) is 5.57 Å². The monoisotopic (exact) mass is 190 g/mol. The first-order chi connectivity index (χ1) is 6.50. The molecule has 0 bridgehead atoms. The summed E-state index contributed by atoms with van der Waals surface area (Å²) in [5.74, 6) is 0.212. The quantitative estimate of drug-likeness (QED) is 0.795. The predicted molar refractivity (Wildman–Crippen MR) is 57.2 cm³/mol. The first kappa shape index (κ1) is 10.5. The Morgan fingerprint density at radius 1 is 1.43 bits per heavy atom. The summed E-state index contributed by atoms with van der Waals surface area (Å²) >= 11 is 0. The Balaban J connectivity index is 3.01. The minimum Gasteiger partial charge on any atom is -0.508 e. The molecule has 1 aromatic rings. The molecule has 0 amide bonds. The minimum absolute atomic E-state index is 0.0448. The van der Waals surface area contributed by atoms with Crippen LogP contribution < -0.4 is 0 Å². The average Bonchev–Trinajstić information content (AvgIpc) is 2.07. The van der Waals surface area contributed by atoms with Crippen molar-refractivity contribution in [2.45, 2.75) is 20.3 Å². The SMILES string of the molecule is C=C(C)c1ccc(CC(C)=O)c(O)c1. The minimum atomic E-state index is 0.0448. The van der Waals surface area contributed by atoms with Gasteiger partial charge in [-0.15, -0.1) is 0 Å². The van der Waals surface area contributed by atoms with Gasteiger partial charge in [-0.3, -0.25) is 4.79 Å². The van der Waals surface area contributed by atoms with E-state index in [0.717, 1.165) is 11.1 Å². The highest BCUT2D eigenvalue weighted by atomic mass is 16.3. The van der Waals surface area contributed by atoms with E-state index in [1.54, 1.807) is 12.1 Å². The zero-order chi connectivity index (χ0) is 10.7. The second-order valence-electron chi connectivity index (χ2n) is 3.50. The third kappa shape index (κ3) is 2.46. The Morgan fingerprint density at radius 2 is 2.07 bits per heavy atom. The number of Topliss-reactive ketones (excluding diaryl/α,β-unsaturated/α-hetero) is 1. The van der Waals surface area contributed by atoms with Gasteiger partial charge in [0.15, 0.2) is 0 Å². The molecule has 1 aromatic carbocycles. The molecule has 74 valence electrons. The number of hydrogen-bond acceptors (Lipinski definition) is 2. The highest BCUT2D eigenvalue weighted by Gasteiger charge is 2.05. The van der Waals surface area contributed by atoms with Gasteiger partial charge in [0.2, 0.25) is 0 Å². The fourth-order valence-corrected chi connectivity index (χ4v) is 1.25. The molecule has 0 radical (unpaired) electrons. The van der Waals surface area contributed by atoms with Crippen LogP contribution in [-0.2, 0) is 11.2 Å². The molecule has 0 unspecified atom stereocenters. The number of carbonyl (C=O) groups excluding carboxylic acids is 1. The highest BCUT2D eigenvalue weighted by Crippen LogP contribution is 2.22. The van der Waals surface area contributed by atoms with Gasteiger partial charge in [0.05, 0.1) is 0 Å².